The molecule has 0 radical (unpaired) electrons. The molecule has 1 unspecified atom stereocenters. The highest BCUT2D eigenvalue weighted by Gasteiger charge is 2.19. The lowest BCUT2D eigenvalue weighted by atomic mass is 10.1. The number of amides is 1. The number of hydrogen-bond donors (Lipinski definition) is 1. The molecule has 4 aromatic rings. The number of ether oxygens (including phenoxy) is 2. The molecular formula is C31H28N4O3. The summed E-state index contributed by atoms with van der Waals surface area (Å²) in [6.07, 6.45) is 5.31. The highest BCUT2D eigenvalue weighted by Crippen LogP contribution is 2.28. The predicted molar refractivity (Wildman–Crippen MR) is 145 cm³/mol. The van der Waals surface area contributed by atoms with Gasteiger partial charge in [-0.05, 0) is 60.9 Å². The maximum Gasteiger partial charge on any atom is 0.262 e. The van der Waals surface area contributed by atoms with E-state index in [2.05, 4.69) is 5.32 Å². The minimum Gasteiger partial charge on any atom is -0.489 e. The average Bonchev–Trinajstić information content (AvgIpc) is 3.65. The Bertz CT molecular complexity index is 1430. The van der Waals surface area contributed by atoms with Crippen LogP contribution in [0.15, 0.2) is 96.7 Å². The van der Waals surface area contributed by atoms with Gasteiger partial charge in [-0.15, -0.1) is 0 Å². The Balaban J connectivity index is 1.40. The monoisotopic (exact) mass is 504 g/mol. The van der Waals surface area contributed by atoms with E-state index in [0.29, 0.717) is 31.0 Å². The second-order valence-electron chi connectivity index (χ2n) is 9.03. The van der Waals surface area contributed by atoms with Crippen LogP contribution in [-0.4, -0.2) is 34.9 Å². The second-order valence-corrected chi connectivity index (χ2v) is 9.03. The fraction of sp³-hybridized carbons (Fsp3) is 0.194. The van der Waals surface area contributed by atoms with Crippen LogP contribution in [0.1, 0.15) is 24.0 Å². The zero-order chi connectivity index (χ0) is 26.2. The molecule has 3 aromatic carbocycles. The number of para-hydroxylation sites is 1. The number of rotatable bonds is 9. The molecule has 1 aromatic heterocycles. The summed E-state index contributed by atoms with van der Waals surface area (Å²) in [4.78, 5) is 12.8. The summed E-state index contributed by atoms with van der Waals surface area (Å²) in [6.45, 7) is 1.57. The molecule has 5 rings (SSSR count). The van der Waals surface area contributed by atoms with Gasteiger partial charge in [0.25, 0.3) is 5.91 Å². The van der Waals surface area contributed by atoms with Crippen molar-refractivity contribution in [2.45, 2.75) is 25.6 Å². The van der Waals surface area contributed by atoms with Crippen molar-refractivity contribution in [3.63, 3.8) is 0 Å². The van der Waals surface area contributed by atoms with Crippen molar-refractivity contribution in [1.29, 1.82) is 5.26 Å². The van der Waals surface area contributed by atoms with Gasteiger partial charge in [-0.3, -0.25) is 4.79 Å². The number of nitriles is 1. The van der Waals surface area contributed by atoms with Crippen LogP contribution in [0, 0.1) is 11.3 Å². The molecule has 0 aliphatic carbocycles. The van der Waals surface area contributed by atoms with Crippen molar-refractivity contribution in [2.24, 2.45) is 0 Å². The summed E-state index contributed by atoms with van der Waals surface area (Å²) in [6, 6.07) is 29.4. The predicted octanol–water partition coefficient (Wildman–Crippen LogP) is 5.32. The number of carbonyl (C=O) groups excluding carboxylic acids is 1. The molecule has 7 nitrogen and oxygen atoms in total. The first-order valence-corrected chi connectivity index (χ1v) is 12.6. The number of hydrogen-bond acceptors (Lipinski definition) is 5. The first-order chi connectivity index (χ1) is 18.7. The van der Waals surface area contributed by atoms with Gasteiger partial charge in [0.05, 0.1) is 17.5 Å². The Morgan fingerprint density at radius 2 is 1.82 bits per heavy atom. The van der Waals surface area contributed by atoms with E-state index in [9.17, 15) is 10.1 Å². The average molecular weight is 505 g/mol. The van der Waals surface area contributed by atoms with Crippen LogP contribution in [0.4, 0.5) is 0 Å². The van der Waals surface area contributed by atoms with Gasteiger partial charge in [0.2, 0.25) is 0 Å². The smallest absolute Gasteiger partial charge is 0.262 e. The van der Waals surface area contributed by atoms with Gasteiger partial charge in [0.1, 0.15) is 24.0 Å². The molecule has 2 heterocycles. The third kappa shape index (κ3) is 6.17. The summed E-state index contributed by atoms with van der Waals surface area (Å²) >= 11 is 0. The summed E-state index contributed by atoms with van der Waals surface area (Å²) in [5.41, 5.74) is 4.14. The van der Waals surface area contributed by atoms with Gasteiger partial charge >= 0.3 is 0 Å². The molecule has 1 N–H and O–H groups in total. The molecular weight excluding hydrogens is 476 g/mol. The van der Waals surface area contributed by atoms with Gasteiger partial charge in [-0.2, -0.15) is 10.4 Å². The standard InChI is InChI=1S/C31H28N4O3/c32-19-25(31(36)33-20-29-12-7-17-37-29)18-26-21-35(27-10-5-2-6-11-27)34-30(26)24-13-15-28(16-14-24)38-22-23-8-3-1-4-9-23/h1-6,8-11,13-16,18,21,29H,7,12,17,20,22H2,(H,33,36). The van der Waals surface area contributed by atoms with Crippen LogP contribution in [0.3, 0.4) is 0 Å². The molecule has 1 aliphatic rings. The quantitative estimate of drug-likeness (QED) is 0.246. The molecule has 1 saturated heterocycles. The van der Waals surface area contributed by atoms with Crippen molar-refractivity contribution < 1.29 is 14.3 Å². The molecule has 1 aliphatic heterocycles. The number of carbonyl (C=O) groups is 1. The molecule has 38 heavy (non-hydrogen) atoms. The number of nitrogens with zero attached hydrogens (tertiary/aromatic N) is 3. The first-order valence-electron chi connectivity index (χ1n) is 12.6. The van der Waals surface area contributed by atoms with E-state index >= 15 is 0 Å². The van der Waals surface area contributed by atoms with E-state index in [4.69, 9.17) is 14.6 Å². The van der Waals surface area contributed by atoms with Gasteiger partial charge in [-0.1, -0.05) is 48.5 Å². The number of nitrogens with one attached hydrogen (secondary N) is 1. The van der Waals surface area contributed by atoms with Crippen LogP contribution < -0.4 is 10.1 Å². The third-order valence-corrected chi connectivity index (χ3v) is 6.32. The maximum atomic E-state index is 12.8. The van der Waals surface area contributed by atoms with E-state index in [1.807, 2.05) is 97.2 Å². The van der Waals surface area contributed by atoms with E-state index in [0.717, 1.165) is 35.4 Å². The fourth-order valence-corrected chi connectivity index (χ4v) is 4.29. The molecule has 1 fully saturated rings. The zero-order valence-corrected chi connectivity index (χ0v) is 20.9. The summed E-state index contributed by atoms with van der Waals surface area (Å²) < 4.78 is 13.3. The van der Waals surface area contributed by atoms with Crippen molar-refractivity contribution in [3.05, 3.63) is 108 Å². The zero-order valence-electron chi connectivity index (χ0n) is 20.9. The Hall–Kier alpha value is -4.67. The largest absolute Gasteiger partial charge is 0.489 e. The van der Waals surface area contributed by atoms with Crippen LogP contribution in [0.5, 0.6) is 5.75 Å². The topological polar surface area (TPSA) is 89.2 Å². The van der Waals surface area contributed by atoms with Crippen LogP contribution in [0.2, 0.25) is 0 Å². The molecule has 1 amide bonds. The molecule has 190 valence electrons. The lowest BCUT2D eigenvalue weighted by molar-refractivity contribution is -0.117. The second kappa shape index (κ2) is 12.0. The molecule has 7 heteroatoms. The van der Waals surface area contributed by atoms with E-state index < -0.39 is 5.91 Å². The Kier molecular flexibility index (Phi) is 7.92. The summed E-state index contributed by atoms with van der Waals surface area (Å²) in [5, 5.41) is 17.4. The highest BCUT2D eigenvalue weighted by molar-refractivity contribution is 6.02. The SMILES string of the molecule is N#CC(=Cc1cn(-c2ccccc2)nc1-c1ccc(OCc2ccccc2)cc1)C(=O)NCC1CCCO1. The van der Waals surface area contributed by atoms with Crippen molar-refractivity contribution in [3.8, 4) is 28.8 Å². The Morgan fingerprint density at radius 3 is 2.50 bits per heavy atom. The van der Waals surface area contributed by atoms with Crippen molar-refractivity contribution in [2.75, 3.05) is 13.2 Å². The minimum atomic E-state index is -0.425. The van der Waals surface area contributed by atoms with Crippen LogP contribution in [0.25, 0.3) is 23.0 Å². The molecule has 0 saturated carbocycles. The normalized spacial score (nSPS) is 15.1. The number of aromatic nitrogens is 2. The number of benzene rings is 3. The van der Waals surface area contributed by atoms with E-state index in [1.165, 1.54) is 0 Å². The summed E-state index contributed by atoms with van der Waals surface area (Å²) in [5.74, 6) is 0.314. The van der Waals surface area contributed by atoms with E-state index in [-0.39, 0.29) is 11.7 Å². The lowest BCUT2D eigenvalue weighted by Crippen LogP contribution is -2.32. The highest BCUT2D eigenvalue weighted by atomic mass is 16.5. The summed E-state index contributed by atoms with van der Waals surface area (Å²) in [7, 11) is 0. The van der Waals surface area contributed by atoms with Gasteiger partial charge in [0, 0.05) is 30.5 Å². The van der Waals surface area contributed by atoms with Crippen LogP contribution >= 0.6 is 0 Å². The first kappa shape index (κ1) is 25.0. The maximum absolute atomic E-state index is 12.8. The van der Waals surface area contributed by atoms with E-state index in [1.54, 1.807) is 10.8 Å². The molecule has 0 bridgehead atoms. The Labute approximate surface area is 221 Å². The lowest BCUT2D eigenvalue weighted by Gasteiger charge is -2.10. The van der Waals surface area contributed by atoms with Gasteiger partial charge < -0.3 is 14.8 Å². The third-order valence-electron chi connectivity index (χ3n) is 6.32. The van der Waals surface area contributed by atoms with Crippen molar-refractivity contribution >= 4 is 12.0 Å². The molecule has 0 spiro atoms. The van der Waals surface area contributed by atoms with Crippen molar-refractivity contribution in [1.82, 2.24) is 15.1 Å². The minimum absolute atomic E-state index is 0.00194. The molecule has 1 atom stereocenters. The van der Waals surface area contributed by atoms with Gasteiger partial charge in [-0.25, -0.2) is 4.68 Å². The fourth-order valence-electron chi connectivity index (χ4n) is 4.29. The van der Waals surface area contributed by atoms with Gasteiger partial charge in [0.15, 0.2) is 0 Å². The van der Waals surface area contributed by atoms with Crippen LogP contribution in [-0.2, 0) is 16.1 Å². The Morgan fingerprint density at radius 1 is 1.08 bits per heavy atom.